The van der Waals surface area contributed by atoms with E-state index in [9.17, 15) is 9.90 Å². The monoisotopic (exact) mass is 324 g/mol. The highest BCUT2D eigenvalue weighted by molar-refractivity contribution is 6.67. The molecule has 4 nitrogen and oxygen atoms in total. The summed E-state index contributed by atoms with van der Waals surface area (Å²) in [6.45, 7) is -0.334. The smallest absolute Gasteiger partial charge is 0.330 e. The number of phenols is 1. The van der Waals surface area contributed by atoms with Crippen LogP contribution in [0.15, 0.2) is 24.3 Å². The molecular formula is C12H11Cl3O4. The molecule has 19 heavy (non-hydrogen) atoms. The molecule has 0 heterocycles. The van der Waals surface area contributed by atoms with Crippen molar-refractivity contribution in [3.63, 3.8) is 0 Å². The fourth-order valence-corrected chi connectivity index (χ4v) is 1.33. The normalized spacial score (nSPS) is 11.6. The van der Waals surface area contributed by atoms with Crippen LogP contribution in [0.2, 0.25) is 0 Å². The molecule has 0 saturated heterocycles. The van der Waals surface area contributed by atoms with Crippen LogP contribution in [-0.4, -0.2) is 28.6 Å². The molecule has 0 spiro atoms. The van der Waals surface area contributed by atoms with Crippen LogP contribution >= 0.6 is 34.8 Å². The molecule has 0 unspecified atom stereocenters. The zero-order chi connectivity index (χ0) is 14.5. The van der Waals surface area contributed by atoms with E-state index in [1.54, 1.807) is 12.1 Å². The van der Waals surface area contributed by atoms with Crippen molar-refractivity contribution >= 4 is 46.8 Å². The lowest BCUT2D eigenvalue weighted by Gasteiger charge is -2.09. The lowest BCUT2D eigenvalue weighted by molar-refractivity contribution is -0.137. The average molecular weight is 326 g/mol. The molecule has 0 atom stereocenters. The van der Waals surface area contributed by atoms with E-state index in [1.165, 1.54) is 25.3 Å². The molecule has 1 N–H and O–H groups in total. The molecule has 0 amide bonds. The van der Waals surface area contributed by atoms with Crippen LogP contribution in [0.1, 0.15) is 5.56 Å². The van der Waals surface area contributed by atoms with Gasteiger partial charge in [-0.15, -0.1) is 0 Å². The second-order valence-electron chi connectivity index (χ2n) is 3.49. The zero-order valence-corrected chi connectivity index (χ0v) is 12.2. The molecule has 0 aliphatic carbocycles. The molecule has 0 radical (unpaired) electrons. The van der Waals surface area contributed by atoms with Crippen molar-refractivity contribution in [2.24, 2.45) is 0 Å². The van der Waals surface area contributed by atoms with Crippen LogP contribution in [0.4, 0.5) is 0 Å². The fourth-order valence-electron chi connectivity index (χ4n) is 1.16. The summed E-state index contributed by atoms with van der Waals surface area (Å²) in [5.41, 5.74) is 0.653. The number of alkyl halides is 3. The maximum Gasteiger partial charge on any atom is 0.330 e. The van der Waals surface area contributed by atoms with Gasteiger partial charge >= 0.3 is 5.97 Å². The number of rotatable bonds is 4. The van der Waals surface area contributed by atoms with Gasteiger partial charge in [0.2, 0.25) is 3.79 Å². The van der Waals surface area contributed by atoms with E-state index in [-0.39, 0.29) is 12.4 Å². The number of phenolic OH excluding ortho intramolecular Hbond substituents is 1. The Labute approximate surface area is 125 Å². The largest absolute Gasteiger partial charge is 0.504 e. The third-order valence-electron chi connectivity index (χ3n) is 1.99. The number of ether oxygens (including phenoxy) is 2. The van der Waals surface area contributed by atoms with Gasteiger partial charge in [0, 0.05) is 6.08 Å². The Morgan fingerprint density at radius 3 is 2.68 bits per heavy atom. The number of halogens is 3. The summed E-state index contributed by atoms with van der Waals surface area (Å²) in [4.78, 5) is 11.3. The molecular weight excluding hydrogens is 314 g/mol. The number of methoxy groups -OCH3 is 1. The molecule has 0 fully saturated rings. The quantitative estimate of drug-likeness (QED) is 0.524. The molecule has 0 bridgehead atoms. The standard InChI is InChI=1S/C12H11Cl3O4/c1-18-10-6-8(2-4-9(10)16)3-5-11(17)19-7-12(13,14)15/h2-6,16H,7H2,1H3. The minimum atomic E-state index is -1.63. The minimum absolute atomic E-state index is 0.0124. The van der Waals surface area contributed by atoms with Crippen molar-refractivity contribution < 1.29 is 19.4 Å². The SMILES string of the molecule is COc1cc(C=CC(=O)OCC(Cl)(Cl)Cl)ccc1O. The Morgan fingerprint density at radius 1 is 1.42 bits per heavy atom. The van der Waals surface area contributed by atoms with E-state index in [4.69, 9.17) is 44.3 Å². The third kappa shape index (κ3) is 6.05. The molecule has 0 saturated carbocycles. The second-order valence-corrected chi connectivity index (χ2v) is 6.00. The summed E-state index contributed by atoms with van der Waals surface area (Å²) in [5, 5.41) is 9.40. The zero-order valence-electron chi connectivity index (χ0n) is 9.90. The number of hydrogen-bond donors (Lipinski definition) is 1. The topological polar surface area (TPSA) is 55.8 Å². The van der Waals surface area contributed by atoms with Gasteiger partial charge < -0.3 is 14.6 Å². The lowest BCUT2D eigenvalue weighted by Crippen LogP contribution is -2.15. The second kappa shape index (κ2) is 6.89. The van der Waals surface area contributed by atoms with Crippen molar-refractivity contribution in [2.45, 2.75) is 3.79 Å². The fraction of sp³-hybridized carbons (Fsp3) is 0.250. The highest BCUT2D eigenvalue weighted by Crippen LogP contribution is 2.27. The van der Waals surface area contributed by atoms with Gasteiger partial charge in [0.15, 0.2) is 11.5 Å². The summed E-state index contributed by atoms with van der Waals surface area (Å²) in [5.74, 6) is -0.325. The molecule has 104 valence electrons. The molecule has 0 aliphatic rings. The van der Waals surface area contributed by atoms with Crippen LogP contribution < -0.4 is 4.74 Å². The summed E-state index contributed by atoms with van der Waals surface area (Å²) >= 11 is 16.3. The Kier molecular flexibility index (Phi) is 5.79. The van der Waals surface area contributed by atoms with Crippen LogP contribution in [-0.2, 0) is 9.53 Å². The molecule has 0 aromatic heterocycles. The number of aromatic hydroxyl groups is 1. The first-order valence-electron chi connectivity index (χ1n) is 5.10. The Morgan fingerprint density at radius 2 is 2.11 bits per heavy atom. The van der Waals surface area contributed by atoms with Gasteiger partial charge in [0.05, 0.1) is 7.11 Å². The summed E-state index contributed by atoms with van der Waals surface area (Å²) in [6, 6.07) is 4.62. The van der Waals surface area contributed by atoms with Crippen molar-refractivity contribution in [2.75, 3.05) is 13.7 Å². The van der Waals surface area contributed by atoms with Crippen molar-refractivity contribution in [1.29, 1.82) is 0 Å². The summed E-state index contributed by atoms with van der Waals surface area (Å²) in [6.07, 6.45) is 2.67. The van der Waals surface area contributed by atoms with Gasteiger partial charge in [-0.2, -0.15) is 0 Å². The summed E-state index contributed by atoms with van der Waals surface area (Å²) in [7, 11) is 1.43. The van der Waals surface area contributed by atoms with E-state index in [1.807, 2.05) is 0 Å². The van der Waals surface area contributed by atoms with E-state index >= 15 is 0 Å². The van der Waals surface area contributed by atoms with Crippen LogP contribution in [0.3, 0.4) is 0 Å². The highest BCUT2D eigenvalue weighted by atomic mass is 35.6. The van der Waals surface area contributed by atoms with Gasteiger partial charge in [-0.05, 0) is 23.8 Å². The first-order chi connectivity index (χ1) is 8.81. The van der Waals surface area contributed by atoms with E-state index < -0.39 is 9.76 Å². The van der Waals surface area contributed by atoms with Gasteiger partial charge in [-0.3, -0.25) is 0 Å². The number of hydrogen-bond acceptors (Lipinski definition) is 4. The average Bonchev–Trinajstić information content (AvgIpc) is 2.34. The molecule has 0 aliphatic heterocycles. The minimum Gasteiger partial charge on any atom is -0.504 e. The van der Waals surface area contributed by atoms with Crippen molar-refractivity contribution in [3.8, 4) is 11.5 Å². The highest BCUT2D eigenvalue weighted by Gasteiger charge is 2.21. The molecule has 7 heteroatoms. The van der Waals surface area contributed by atoms with E-state index in [2.05, 4.69) is 0 Å². The predicted molar refractivity (Wildman–Crippen MR) is 74.9 cm³/mol. The van der Waals surface area contributed by atoms with E-state index in [0.717, 1.165) is 0 Å². The number of esters is 1. The number of carbonyl (C=O) groups is 1. The first kappa shape index (κ1) is 16.0. The van der Waals surface area contributed by atoms with Crippen molar-refractivity contribution in [1.82, 2.24) is 0 Å². The summed E-state index contributed by atoms with van der Waals surface area (Å²) < 4.78 is 8.00. The van der Waals surface area contributed by atoms with Gasteiger partial charge in [-0.25, -0.2) is 4.79 Å². The van der Waals surface area contributed by atoms with Gasteiger partial charge in [-0.1, -0.05) is 40.9 Å². The van der Waals surface area contributed by atoms with Crippen LogP contribution in [0, 0.1) is 0 Å². The van der Waals surface area contributed by atoms with Crippen molar-refractivity contribution in [3.05, 3.63) is 29.8 Å². The first-order valence-corrected chi connectivity index (χ1v) is 6.24. The Hall–Kier alpha value is -1.10. The Balaban J connectivity index is 2.64. The number of carbonyl (C=O) groups excluding carboxylic acids is 1. The van der Waals surface area contributed by atoms with Gasteiger partial charge in [0.25, 0.3) is 0 Å². The van der Waals surface area contributed by atoms with Crippen LogP contribution in [0.25, 0.3) is 6.08 Å². The predicted octanol–water partition coefficient (Wildman–Crippen LogP) is 3.33. The molecule has 1 aromatic rings. The Bertz CT molecular complexity index is 480. The number of benzene rings is 1. The molecule has 1 rings (SSSR count). The molecule has 1 aromatic carbocycles. The van der Waals surface area contributed by atoms with Gasteiger partial charge in [0.1, 0.15) is 6.61 Å². The maximum atomic E-state index is 11.3. The van der Waals surface area contributed by atoms with Crippen LogP contribution in [0.5, 0.6) is 11.5 Å². The lowest BCUT2D eigenvalue weighted by atomic mass is 10.2. The maximum absolute atomic E-state index is 11.3. The van der Waals surface area contributed by atoms with E-state index in [0.29, 0.717) is 11.3 Å². The third-order valence-corrected chi connectivity index (χ3v) is 2.32.